The highest BCUT2D eigenvalue weighted by Crippen LogP contribution is 2.28. The van der Waals surface area contributed by atoms with Crippen molar-refractivity contribution in [3.05, 3.63) is 64.7 Å². The van der Waals surface area contributed by atoms with Crippen molar-refractivity contribution in [1.82, 2.24) is 14.1 Å². The molecule has 0 saturated carbocycles. The number of nitrogens with zero attached hydrogens (tertiary/aromatic N) is 3. The molecule has 0 spiro atoms. The van der Waals surface area contributed by atoms with Crippen LogP contribution in [0.5, 0.6) is 0 Å². The smallest absolute Gasteiger partial charge is 0.243 e. The minimum atomic E-state index is -3.69. The van der Waals surface area contributed by atoms with Crippen LogP contribution in [0.3, 0.4) is 0 Å². The Balaban J connectivity index is 1.41. The molecule has 2 aliphatic heterocycles. The van der Waals surface area contributed by atoms with E-state index in [-0.39, 0.29) is 10.8 Å². The highest BCUT2D eigenvalue weighted by Gasteiger charge is 2.41. The average Bonchev–Trinajstić information content (AvgIpc) is 3.17. The van der Waals surface area contributed by atoms with Crippen LogP contribution in [0.15, 0.2) is 53.4 Å². The summed E-state index contributed by atoms with van der Waals surface area (Å²) in [7, 11) is -3.69. The second-order valence-corrected chi connectivity index (χ2v) is 11.0. The predicted molar refractivity (Wildman–Crippen MR) is 126 cm³/mol. The molecule has 172 valence electrons. The van der Waals surface area contributed by atoms with E-state index in [0.717, 1.165) is 36.6 Å². The lowest BCUT2D eigenvalue weighted by molar-refractivity contribution is -0.134. The van der Waals surface area contributed by atoms with Gasteiger partial charge in [-0.15, -0.1) is 0 Å². The van der Waals surface area contributed by atoms with Gasteiger partial charge in [0.15, 0.2) is 0 Å². The molecule has 0 unspecified atom stereocenters. The van der Waals surface area contributed by atoms with Crippen LogP contribution in [0.2, 0.25) is 5.02 Å². The first-order valence-electron chi connectivity index (χ1n) is 11.2. The summed E-state index contributed by atoms with van der Waals surface area (Å²) in [5.41, 5.74) is 2.20. The summed E-state index contributed by atoms with van der Waals surface area (Å²) in [6.45, 7) is 6.08. The van der Waals surface area contributed by atoms with Gasteiger partial charge in [-0.1, -0.05) is 41.4 Å². The standard InChI is InChI=1S/C24H30ClN3O3S/c1-19-5-11-22(12-6-19)32(30,31)28-15-2-4-23(28)24(29)27-14-3-13-26(16-17-27)18-20-7-9-21(25)10-8-20/h5-12,23H,2-4,13-18H2,1H3/t23-/m0/s1. The van der Waals surface area contributed by atoms with E-state index >= 15 is 0 Å². The fourth-order valence-electron chi connectivity index (χ4n) is 4.53. The molecule has 1 atom stereocenters. The van der Waals surface area contributed by atoms with Crippen molar-refractivity contribution in [2.45, 2.75) is 43.7 Å². The first kappa shape index (κ1) is 23.2. The van der Waals surface area contributed by atoms with Crippen molar-refractivity contribution in [1.29, 1.82) is 0 Å². The third-order valence-electron chi connectivity index (χ3n) is 6.34. The second kappa shape index (κ2) is 9.91. The lowest BCUT2D eigenvalue weighted by atomic mass is 10.2. The molecule has 0 radical (unpaired) electrons. The van der Waals surface area contributed by atoms with Crippen molar-refractivity contribution in [2.75, 3.05) is 32.7 Å². The third kappa shape index (κ3) is 5.17. The van der Waals surface area contributed by atoms with Gasteiger partial charge in [0.25, 0.3) is 0 Å². The summed E-state index contributed by atoms with van der Waals surface area (Å²) in [5.74, 6) is -0.0634. The van der Waals surface area contributed by atoms with E-state index in [1.165, 1.54) is 9.87 Å². The van der Waals surface area contributed by atoms with E-state index in [1.807, 2.05) is 36.1 Å². The second-order valence-electron chi connectivity index (χ2n) is 8.67. The van der Waals surface area contributed by atoms with Gasteiger partial charge in [0.1, 0.15) is 6.04 Å². The minimum absolute atomic E-state index is 0.0634. The Labute approximate surface area is 195 Å². The number of hydrogen-bond acceptors (Lipinski definition) is 4. The van der Waals surface area contributed by atoms with E-state index in [4.69, 9.17) is 11.6 Å². The quantitative estimate of drug-likeness (QED) is 0.663. The van der Waals surface area contributed by atoms with Gasteiger partial charge in [0, 0.05) is 44.3 Å². The molecule has 2 aliphatic rings. The van der Waals surface area contributed by atoms with Crippen LogP contribution in [-0.2, 0) is 21.4 Å². The lowest BCUT2D eigenvalue weighted by Gasteiger charge is -2.29. The van der Waals surface area contributed by atoms with Gasteiger partial charge in [-0.25, -0.2) is 8.42 Å². The number of halogens is 1. The van der Waals surface area contributed by atoms with Crippen LogP contribution in [0.1, 0.15) is 30.4 Å². The molecule has 2 fully saturated rings. The maximum atomic E-state index is 13.4. The molecule has 0 N–H and O–H groups in total. The van der Waals surface area contributed by atoms with E-state index < -0.39 is 16.1 Å². The maximum Gasteiger partial charge on any atom is 0.243 e. The number of carbonyl (C=O) groups excluding carboxylic acids is 1. The molecule has 0 aliphatic carbocycles. The first-order chi connectivity index (χ1) is 15.3. The lowest BCUT2D eigenvalue weighted by Crippen LogP contribution is -2.48. The fourth-order valence-corrected chi connectivity index (χ4v) is 6.31. The topological polar surface area (TPSA) is 60.9 Å². The van der Waals surface area contributed by atoms with Crippen LogP contribution in [0, 0.1) is 6.92 Å². The van der Waals surface area contributed by atoms with Crippen molar-refractivity contribution in [3.8, 4) is 0 Å². The molecule has 2 aromatic carbocycles. The largest absolute Gasteiger partial charge is 0.340 e. The van der Waals surface area contributed by atoms with Crippen molar-refractivity contribution in [3.63, 3.8) is 0 Å². The minimum Gasteiger partial charge on any atom is -0.340 e. The normalized spacial score (nSPS) is 20.9. The van der Waals surface area contributed by atoms with E-state index in [2.05, 4.69) is 4.90 Å². The molecule has 0 bridgehead atoms. The van der Waals surface area contributed by atoms with Crippen LogP contribution >= 0.6 is 11.6 Å². The van der Waals surface area contributed by atoms with Gasteiger partial charge >= 0.3 is 0 Å². The Bertz CT molecular complexity index is 1040. The summed E-state index contributed by atoms with van der Waals surface area (Å²) in [6, 6.07) is 14.1. The highest BCUT2D eigenvalue weighted by molar-refractivity contribution is 7.89. The monoisotopic (exact) mass is 475 g/mol. The maximum absolute atomic E-state index is 13.4. The van der Waals surface area contributed by atoms with Gasteiger partial charge < -0.3 is 4.90 Å². The zero-order valence-electron chi connectivity index (χ0n) is 18.4. The van der Waals surface area contributed by atoms with Gasteiger partial charge in [-0.3, -0.25) is 9.69 Å². The van der Waals surface area contributed by atoms with Gasteiger partial charge in [0.05, 0.1) is 4.90 Å². The molecule has 2 saturated heterocycles. The van der Waals surface area contributed by atoms with Crippen molar-refractivity contribution >= 4 is 27.5 Å². The third-order valence-corrected chi connectivity index (χ3v) is 8.51. The van der Waals surface area contributed by atoms with E-state index in [1.54, 1.807) is 24.3 Å². The van der Waals surface area contributed by atoms with Crippen LogP contribution < -0.4 is 0 Å². The summed E-state index contributed by atoms with van der Waals surface area (Å²) in [6.07, 6.45) is 2.16. The Kier molecular flexibility index (Phi) is 7.20. The van der Waals surface area contributed by atoms with Crippen molar-refractivity contribution < 1.29 is 13.2 Å². The molecule has 6 nitrogen and oxygen atoms in total. The number of hydrogen-bond donors (Lipinski definition) is 0. The summed E-state index contributed by atoms with van der Waals surface area (Å²) in [4.78, 5) is 17.8. The zero-order chi connectivity index (χ0) is 22.7. The van der Waals surface area contributed by atoms with E-state index in [0.29, 0.717) is 32.5 Å². The summed E-state index contributed by atoms with van der Waals surface area (Å²) in [5, 5.41) is 0.725. The molecule has 0 aromatic heterocycles. The molecule has 32 heavy (non-hydrogen) atoms. The van der Waals surface area contributed by atoms with Crippen molar-refractivity contribution in [2.24, 2.45) is 0 Å². The zero-order valence-corrected chi connectivity index (χ0v) is 20.0. The van der Waals surface area contributed by atoms with Crippen LogP contribution in [0.4, 0.5) is 0 Å². The average molecular weight is 476 g/mol. The van der Waals surface area contributed by atoms with Crippen LogP contribution in [-0.4, -0.2) is 67.2 Å². The molecule has 1 amide bonds. The SMILES string of the molecule is Cc1ccc(S(=O)(=O)N2CCC[C@H]2C(=O)N2CCCN(Cc3ccc(Cl)cc3)CC2)cc1. The molecule has 2 aromatic rings. The molecule has 4 rings (SSSR count). The van der Waals surface area contributed by atoms with Gasteiger partial charge in [0.2, 0.25) is 15.9 Å². The number of amides is 1. The molecular weight excluding hydrogens is 446 g/mol. The van der Waals surface area contributed by atoms with E-state index in [9.17, 15) is 13.2 Å². The number of aryl methyl sites for hydroxylation is 1. The molecule has 8 heteroatoms. The highest BCUT2D eigenvalue weighted by atomic mass is 35.5. The Morgan fingerprint density at radius 3 is 2.38 bits per heavy atom. The molecule has 2 heterocycles. The number of rotatable bonds is 5. The van der Waals surface area contributed by atoms with Gasteiger partial charge in [-0.05, 0) is 56.0 Å². The van der Waals surface area contributed by atoms with Gasteiger partial charge in [-0.2, -0.15) is 4.31 Å². The fraction of sp³-hybridized carbons (Fsp3) is 0.458. The molecular formula is C24H30ClN3O3S. The number of sulfonamides is 1. The number of carbonyl (C=O) groups is 1. The summed E-state index contributed by atoms with van der Waals surface area (Å²) < 4.78 is 27.9. The van der Waals surface area contributed by atoms with Crippen LogP contribution in [0.25, 0.3) is 0 Å². The Morgan fingerprint density at radius 1 is 0.938 bits per heavy atom. The Morgan fingerprint density at radius 2 is 1.66 bits per heavy atom. The summed E-state index contributed by atoms with van der Waals surface area (Å²) >= 11 is 5.98. The Hall–Kier alpha value is -1.93. The predicted octanol–water partition coefficient (Wildman–Crippen LogP) is 3.54. The number of benzene rings is 2. The first-order valence-corrected chi connectivity index (χ1v) is 13.0.